The predicted molar refractivity (Wildman–Crippen MR) is 83.0 cm³/mol. The van der Waals surface area contributed by atoms with Crippen LogP contribution in [0.4, 0.5) is 4.39 Å². The van der Waals surface area contributed by atoms with Crippen LogP contribution in [-0.4, -0.2) is 16.7 Å². The minimum Gasteiger partial charge on any atom is -0.310 e. The molecule has 1 unspecified atom stereocenters. The summed E-state index contributed by atoms with van der Waals surface area (Å²) < 4.78 is 13.2. The lowest BCUT2D eigenvalue weighted by Gasteiger charge is -2.20. The van der Waals surface area contributed by atoms with E-state index >= 15 is 0 Å². The molecule has 1 N–H and O–H groups in total. The Bertz CT molecular complexity index is 631. The molecule has 0 amide bonds. The van der Waals surface area contributed by atoms with Crippen LogP contribution < -0.4 is 5.32 Å². The second-order valence-electron chi connectivity index (χ2n) is 5.08. The third kappa shape index (κ3) is 3.99. The van der Waals surface area contributed by atoms with Crippen LogP contribution >= 0.6 is 11.6 Å². The van der Waals surface area contributed by atoms with Crippen LogP contribution in [0.1, 0.15) is 35.5 Å². The summed E-state index contributed by atoms with van der Waals surface area (Å²) in [5.74, 6) is -0.318. The Labute approximate surface area is 129 Å². The minimum absolute atomic E-state index is 0.0761. The highest BCUT2D eigenvalue weighted by molar-refractivity contribution is 6.31. The third-order valence-electron chi connectivity index (χ3n) is 3.40. The van der Waals surface area contributed by atoms with Crippen LogP contribution in [0.2, 0.25) is 5.02 Å². The molecule has 0 saturated carbocycles. The predicted octanol–water partition coefficient (Wildman–Crippen LogP) is 3.78. The van der Waals surface area contributed by atoms with E-state index in [1.54, 1.807) is 6.07 Å². The molecule has 112 valence electrons. The summed E-state index contributed by atoms with van der Waals surface area (Å²) in [6, 6.07) is 6.63. The lowest BCUT2D eigenvalue weighted by molar-refractivity contribution is 0.541. The average Bonchev–Trinajstić information content (AvgIpc) is 2.44. The van der Waals surface area contributed by atoms with E-state index in [9.17, 15) is 4.39 Å². The van der Waals surface area contributed by atoms with Crippen LogP contribution in [0.5, 0.6) is 0 Å². The molecule has 5 heteroatoms. The Balaban J connectivity index is 2.32. The smallest absolute Gasteiger partial charge is 0.124 e. The maximum Gasteiger partial charge on any atom is 0.124 e. The molecule has 1 aromatic heterocycles. The van der Waals surface area contributed by atoms with E-state index in [1.165, 1.54) is 12.1 Å². The number of aryl methyl sites for hydroxylation is 2. The molecule has 0 aliphatic heterocycles. The van der Waals surface area contributed by atoms with E-state index in [2.05, 4.69) is 22.4 Å². The molecule has 0 spiro atoms. The molecule has 3 nitrogen and oxygen atoms in total. The van der Waals surface area contributed by atoms with Gasteiger partial charge in [-0.1, -0.05) is 24.6 Å². The number of hydrogen-bond donors (Lipinski definition) is 1. The molecule has 0 saturated heterocycles. The molecule has 0 fully saturated rings. The molecule has 1 atom stereocenters. The SMILES string of the molecule is CCNC(Cc1ccc(F)cc1Cl)c1cc(C)nnc1C. The fourth-order valence-electron chi connectivity index (χ4n) is 2.37. The van der Waals surface area contributed by atoms with Gasteiger partial charge in [-0.05, 0) is 56.1 Å². The fraction of sp³-hybridized carbons (Fsp3) is 0.375. The Morgan fingerprint density at radius 1 is 1.24 bits per heavy atom. The van der Waals surface area contributed by atoms with Gasteiger partial charge in [0.2, 0.25) is 0 Å². The number of halogens is 2. The zero-order chi connectivity index (χ0) is 15.4. The molecular formula is C16H19ClFN3. The summed E-state index contributed by atoms with van der Waals surface area (Å²) in [5.41, 5.74) is 3.79. The van der Waals surface area contributed by atoms with Gasteiger partial charge in [0.15, 0.2) is 0 Å². The van der Waals surface area contributed by atoms with Gasteiger partial charge in [-0.3, -0.25) is 0 Å². The van der Waals surface area contributed by atoms with Crippen molar-refractivity contribution in [2.45, 2.75) is 33.2 Å². The van der Waals surface area contributed by atoms with E-state index in [1.807, 2.05) is 19.9 Å². The van der Waals surface area contributed by atoms with Crippen LogP contribution in [0.15, 0.2) is 24.3 Å². The number of nitrogens with zero attached hydrogens (tertiary/aromatic N) is 2. The van der Waals surface area contributed by atoms with Gasteiger partial charge >= 0.3 is 0 Å². The van der Waals surface area contributed by atoms with Crippen molar-refractivity contribution in [2.24, 2.45) is 0 Å². The molecule has 2 aromatic rings. The van der Waals surface area contributed by atoms with Gasteiger partial charge < -0.3 is 5.32 Å². The Morgan fingerprint density at radius 3 is 2.67 bits per heavy atom. The summed E-state index contributed by atoms with van der Waals surface area (Å²) in [6.07, 6.45) is 0.679. The number of likely N-dealkylation sites (N-methyl/N-ethyl adjacent to an activating group) is 1. The van der Waals surface area contributed by atoms with Gasteiger partial charge in [0.05, 0.1) is 11.4 Å². The van der Waals surface area contributed by atoms with Crippen molar-refractivity contribution in [1.29, 1.82) is 0 Å². The van der Waals surface area contributed by atoms with Crippen LogP contribution in [0.25, 0.3) is 0 Å². The van der Waals surface area contributed by atoms with E-state index < -0.39 is 0 Å². The summed E-state index contributed by atoms with van der Waals surface area (Å²) in [5, 5.41) is 12.1. The molecule has 1 aromatic carbocycles. The highest BCUT2D eigenvalue weighted by Crippen LogP contribution is 2.25. The Morgan fingerprint density at radius 2 is 2.00 bits per heavy atom. The number of nitrogens with one attached hydrogen (secondary N) is 1. The molecule has 2 rings (SSSR count). The first-order valence-corrected chi connectivity index (χ1v) is 7.37. The Kier molecular flexibility index (Phi) is 5.26. The van der Waals surface area contributed by atoms with Gasteiger partial charge in [-0.25, -0.2) is 4.39 Å². The van der Waals surface area contributed by atoms with Gasteiger partial charge in [0.1, 0.15) is 5.82 Å². The second kappa shape index (κ2) is 6.96. The van der Waals surface area contributed by atoms with Crippen LogP contribution in [-0.2, 0) is 6.42 Å². The van der Waals surface area contributed by atoms with Crippen molar-refractivity contribution in [3.63, 3.8) is 0 Å². The number of aromatic nitrogens is 2. The zero-order valence-electron chi connectivity index (χ0n) is 12.5. The first kappa shape index (κ1) is 15.9. The number of hydrogen-bond acceptors (Lipinski definition) is 3. The minimum atomic E-state index is -0.318. The highest BCUT2D eigenvalue weighted by atomic mass is 35.5. The molecule has 1 heterocycles. The summed E-state index contributed by atoms with van der Waals surface area (Å²) >= 11 is 6.14. The van der Waals surface area contributed by atoms with Crippen LogP contribution in [0, 0.1) is 19.7 Å². The normalized spacial score (nSPS) is 12.4. The van der Waals surface area contributed by atoms with Crippen molar-refractivity contribution in [3.8, 4) is 0 Å². The molecule has 21 heavy (non-hydrogen) atoms. The largest absolute Gasteiger partial charge is 0.310 e. The quantitative estimate of drug-likeness (QED) is 0.913. The van der Waals surface area contributed by atoms with Gasteiger partial charge in [-0.15, -0.1) is 0 Å². The van der Waals surface area contributed by atoms with Gasteiger partial charge in [-0.2, -0.15) is 10.2 Å². The Hall–Kier alpha value is -1.52. The zero-order valence-corrected chi connectivity index (χ0v) is 13.2. The van der Waals surface area contributed by atoms with E-state index in [0.29, 0.717) is 11.4 Å². The summed E-state index contributed by atoms with van der Waals surface area (Å²) in [7, 11) is 0. The molecule has 0 aliphatic rings. The van der Waals surface area contributed by atoms with Gasteiger partial charge in [0, 0.05) is 11.1 Å². The molecule has 0 aliphatic carbocycles. The maximum atomic E-state index is 13.2. The first-order chi connectivity index (χ1) is 10.0. The maximum absolute atomic E-state index is 13.2. The molecule has 0 bridgehead atoms. The molecule has 0 radical (unpaired) electrons. The van der Waals surface area contributed by atoms with Crippen molar-refractivity contribution < 1.29 is 4.39 Å². The van der Waals surface area contributed by atoms with Gasteiger partial charge in [0.25, 0.3) is 0 Å². The summed E-state index contributed by atoms with van der Waals surface area (Å²) in [6.45, 7) is 6.74. The third-order valence-corrected chi connectivity index (χ3v) is 3.76. The second-order valence-corrected chi connectivity index (χ2v) is 5.48. The summed E-state index contributed by atoms with van der Waals surface area (Å²) in [4.78, 5) is 0. The highest BCUT2D eigenvalue weighted by Gasteiger charge is 2.17. The van der Waals surface area contributed by atoms with Crippen molar-refractivity contribution in [2.75, 3.05) is 6.54 Å². The van der Waals surface area contributed by atoms with Crippen LogP contribution in [0.3, 0.4) is 0 Å². The monoisotopic (exact) mass is 307 g/mol. The fourth-order valence-corrected chi connectivity index (χ4v) is 2.61. The van der Waals surface area contributed by atoms with Crippen molar-refractivity contribution >= 4 is 11.6 Å². The van der Waals surface area contributed by atoms with E-state index in [-0.39, 0.29) is 11.9 Å². The van der Waals surface area contributed by atoms with E-state index in [4.69, 9.17) is 11.6 Å². The first-order valence-electron chi connectivity index (χ1n) is 6.99. The topological polar surface area (TPSA) is 37.8 Å². The standard InChI is InChI=1S/C16H19ClFN3/c1-4-19-16(14-7-10(2)20-21-11(14)3)8-12-5-6-13(18)9-15(12)17/h5-7,9,16,19H,4,8H2,1-3H3. The van der Waals surface area contributed by atoms with Crippen molar-refractivity contribution in [3.05, 3.63) is 57.6 Å². The molecular weight excluding hydrogens is 289 g/mol. The lowest BCUT2D eigenvalue weighted by atomic mass is 9.97. The number of rotatable bonds is 5. The number of benzene rings is 1. The average molecular weight is 308 g/mol. The van der Waals surface area contributed by atoms with E-state index in [0.717, 1.165) is 29.1 Å². The van der Waals surface area contributed by atoms with Crippen molar-refractivity contribution in [1.82, 2.24) is 15.5 Å². The lowest BCUT2D eigenvalue weighted by Crippen LogP contribution is -2.24.